The van der Waals surface area contributed by atoms with Crippen molar-refractivity contribution in [3.05, 3.63) is 12.2 Å². The molecule has 0 radical (unpaired) electrons. The lowest BCUT2D eigenvalue weighted by molar-refractivity contribution is -0.133. The summed E-state index contributed by atoms with van der Waals surface area (Å²) in [6, 6.07) is 0. The average Bonchev–Trinajstić information content (AvgIpc) is 2.46. The Balaban J connectivity index is 3.94. The summed E-state index contributed by atoms with van der Waals surface area (Å²) < 4.78 is 16.4. The molecular formula is C16H30O5. The fraction of sp³-hybridized carbons (Fsp3) is 0.812. The zero-order valence-corrected chi connectivity index (χ0v) is 13.4. The van der Waals surface area contributed by atoms with Crippen molar-refractivity contribution in [1.29, 1.82) is 0 Å². The molecule has 21 heavy (non-hydrogen) atoms. The zero-order valence-electron chi connectivity index (χ0n) is 13.4. The highest BCUT2D eigenvalue weighted by Crippen LogP contribution is 2.09. The lowest BCUT2D eigenvalue weighted by Gasteiger charge is -2.18. The lowest BCUT2D eigenvalue weighted by Crippen LogP contribution is -2.24. The van der Waals surface area contributed by atoms with Crippen LogP contribution in [0.5, 0.6) is 0 Å². The number of aliphatic carboxylic acids is 1. The second-order valence-electron chi connectivity index (χ2n) is 4.94. The van der Waals surface area contributed by atoms with Gasteiger partial charge in [0.25, 0.3) is 0 Å². The number of unbranched alkanes of at least 4 members (excludes halogenated alkanes) is 3. The summed E-state index contributed by atoms with van der Waals surface area (Å²) in [5.41, 5.74) is 0.144. The number of carbonyl (C=O) groups is 1. The molecule has 0 heterocycles. The Labute approximate surface area is 128 Å². The molecule has 1 unspecified atom stereocenters. The zero-order chi connectivity index (χ0) is 15.9. The van der Waals surface area contributed by atoms with E-state index in [4.69, 9.17) is 19.3 Å². The Morgan fingerprint density at radius 1 is 1.10 bits per heavy atom. The van der Waals surface area contributed by atoms with Crippen molar-refractivity contribution in [3.63, 3.8) is 0 Å². The maximum absolute atomic E-state index is 10.8. The van der Waals surface area contributed by atoms with E-state index in [1.54, 1.807) is 0 Å². The van der Waals surface area contributed by atoms with Crippen LogP contribution in [0.2, 0.25) is 0 Å². The first kappa shape index (κ1) is 20.1. The first-order valence-electron chi connectivity index (χ1n) is 7.79. The summed E-state index contributed by atoms with van der Waals surface area (Å²) in [4.78, 5) is 10.8. The Morgan fingerprint density at radius 3 is 2.48 bits per heavy atom. The quantitative estimate of drug-likeness (QED) is 0.372. The van der Waals surface area contributed by atoms with Gasteiger partial charge in [-0.15, -0.1) is 0 Å². The number of carboxylic acids is 1. The summed E-state index contributed by atoms with van der Waals surface area (Å²) >= 11 is 0. The minimum Gasteiger partial charge on any atom is -0.478 e. The molecule has 0 aromatic heterocycles. The minimum absolute atomic E-state index is 0.144. The molecule has 5 nitrogen and oxygen atoms in total. The van der Waals surface area contributed by atoms with E-state index in [1.165, 1.54) is 12.8 Å². The van der Waals surface area contributed by atoms with E-state index >= 15 is 0 Å². The van der Waals surface area contributed by atoms with E-state index in [9.17, 15) is 4.79 Å². The molecule has 1 atom stereocenters. The van der Waals surface area contributed by atoms with Crippen molar-refractivity contribution in [2.75, 3.05) is 33.0 Å². The van der Waals surface area contributed by atoms with Gasteiger partial charge in [0.1, 0.15) is 0 Å². The van der Waals surface area contributed by atoms with Crippen LogP contribution >= 0.6 is 0 Å². The van der Waals surface area contributed by atoms with Gasteiger partial charge in [0, 0.05) is 25.2 Å². The Morgan fingerprint density at radius 2 is 1.86 bits per heavy atom. The topological polar surface area (TPSA) is 65.0 Å². The highest BCUT2D eigenvalue weighted by Gasteiger charge is 2.15. The summed E-state index contributed by atoms with van der Waals surface area (Å²) in [5.74, 6) is -0.989. The molecule has 0 spiro atoms. The van der Waals surface area contributed by atoms with E-state index in [0.29, 0.717) is 33.0 Å². The smallest absolute Gasteiger partial charge is 0.331 e. The Bertz CT molecular complexity index is 278. The number of ether oxygens (including phenoxy) is 3. The van der Waals surface area contributed by atoms with Crippen LogP contribution in [-0.2, 0) is 19.0 Å². The van der Waals surface area contributed by atoms with Gasteiger partial charge < -0.3 is 19.3 Å². The van der Waals surface area contributed by atoms with Crippen LogP contribution in [0.1, 0.15) is 46.0 Å². The van der Waals surface area contributed by atoms with Crippen molar-refractivity contribution in [2.24, 2.45) is 0 Å². The lowest BCUT2D eigenvalue weighted by atomic mass is 10.1. The Kier molecular flexibility index (Phi) is 13.4. The van der Waals surface area contributed by atoms with Gasteiger partial charge in [0.2, 0.25) is 0 Å². The van der Waals surface area contributed by atoms with Crippen LogP contribution in [0.3, 0.4) is 0 Å². The molecule has 0 fully saturated rings. The second kappa shape index (κ2) is 14.0. The SMILES string of the molecule is C=C(CC(COCCCCCC)OCCOCC)C(=O)O. The third-order valence-corrected chi connectivity index (χ3v) is 3.01. The van der Waals surface area contributed by atoms with Crippen LogP contribution < -0.4 is 0 Å². The average molecular weight is 302 g/mol. The molecule has 0 aliphatic heterocycles. The predicted octanol–water partition coefficient (Wildman–Crippen LogP) is 3.04. The van der Waals surface area contributed by atoms with Crippen LogP contribution in [0.15, 0.2) is 12.2 Å². The van der Waals surface area contributed by atoms with E-state index in [2.05, 4.69) is 13.5 Å². The highest BCUT2D eigenvalue weighted by atomic mass is 16.5. The first-order valence-corrected chi connectivity index (χ1v) is 7.79. The van der Waals surface area contributed by atoms with E-state index in [0.717, 1.165) is 12.8 Å². The molecule has 0 aromatic carbocycles. The molecule has 0 saturated carbocycles. The van der Waals surface area contributed by atoms with Gasteiger partial charge in [-0.3, -0.25) is 0 Å². The van der Waals surface area contributed by atoms with Crippen LogP contribution in [0.4, 0.5) is 0 Å². The maximum atomic E-state index is 10.8. The third kappa shape index (κ3) is 12.5. The predicted molar refractivity (Wildman–Crippen MR) is 82.6 cm³/mol. The molecule has 0 amide bonds. The van der Waals surface area contributed by atoms with Crippen molar-refractivity contribution < 1.29 is 24.1 Å². The molecule has 0 aliphatic carbocycles. The van der Waals surface area contributed by atoms with Crippen LogP contribution in [0, 0.1) is 0 Å². The number of rotatable bonds is 15. The Hall–Kier alpha value is -0.910. The normalized spacial score (nSPS) is 12.3. The van der Waals surface area contributed by atoms with E-state index < -0.39 is 5.97 Å². The molecule has 124 valence electrons. The molecular weight excluding hydrogens is 272 g/mol. The van der Waals surface area contributed by atoms with Crippen molar-refractivity contribution in [3.8, 4) is 0 Å². The summed E-state index contributed by atoms with van der Waals surface area (Å²) in [7, 11) is 0. The van der Waals surface area contributed by atoms with Crippen LogP contribution in [0.25, 0.3) is 0 Å². The summed E-state index contributed by atoms with van der Waals surface area (Å²) in [5, 5.41) is 8.89. The van der Waals surface area contributed by atoms with Crippen molar-refractivity contribution >= 4 is 5.97 Å². The standard InChI is InChI=1S/C16H30O5/c1-4-6-7-8-9-20-13-15(12-14(3)16(17)18)21-11-10-19-5-2/h15H,3-13H2,1-2H3,(H,17,18). The van der Waals surface area contributed by atoms with Gasteiger partial charge >= 0.3 is 5.97 Å². The molecule has 0 rings (SSSR count). The van der Waals surface area contributed by atoms with Gasteiger partial charge in [0.05, 0.1) is 25.9 Å². The number of hydrogen-bond donors (Lipinski definition) is 1. The molecule has 5 heteroatoms. The highest BCUT2D eigenvalue weighted by molar-refractivity contribution is 5.85. The van der Waals surface area contributed by atoms with Crippen LogP contribution in [-0.4, -0.2) is 50.2 Å². The fourth-order valence-electron chi connectivity index (χ4n) is 1.79. The molecule has 0 saturated heterocycles. The number of carboxylic acid groups (broad SMARTS) is 1. The van der Waals surface area contributed by atoms with E-state index in [1.807, 2.05) is 6.92 Å². The molecule has 0 aromatic rings. The third-order valence-electron chi connectivity index (χ3n) is 3.01. The molecule has 0 bridgehead atoms. The minimum atomic E-state index is -0.989. The maximum Gasteiger partial charge on any atom is 0.331 e. The monoisotopic (exact) mass is 302 g/mol. The van der Waals surface area contributed by atoms with Gasteiger partial charge in [-0.05, 0) is 13.3 Å². The number of hydrogen-bond acceptors (Lipinski definition) is 4. The van der Waals surface area contributed by atoms with Crippen molar-refractivity contribution in [1.82, 2.24) is 0 Å². The molecule has 0 aliphatic rings. The molecule has 1 N–H and O–H groups in total. The van der Waals surface area contributed by atoms with Gasteiger partial charge in [-0.25, -0.2) is 4.79 Å². The summed E-state index contributed by atoms with van der Waals surface area (Å²) in [6.45, 7) is 10.3. The second-order valence-corrected chi connectivity index (χ2v) is 4.94. The van der Waals surface area contributed by atoms with Gasteiger partial charge in [-0.1, -0.05) is 32.8 Å². The van der Waals surface area contributed by atoms with Gasteiger partial charge in [0.15, 0.2) is 0 Å². The van der Waals surface area contributed by atoms with Gasteiger partial charge in [-0.2, -0.15) is 0 Å². The first-order chi connectivity index (χ1) is 10.1. The summed E-state index contributed by atoms with van der Waals surface area (Å²) in [6.07, 6.45) is 4.60. The van der Waals surface area contributed by atoms with Crippen molar-refractivity contribution in [2.45, 2.75) is 52.1 Å². The largest absolute Gasteiger partial charge is 0.478 e. The fourth-order valence-corrected chi connectivity index (χ4v) is 1.79. The van der Waals surface area contributed by atoms with E-state index in [-0.39, 0.29) is 18.1 Å².